The van der Waals surface area contributed by atoms with Crippen LogP contribution in [0, 0.1) is 0 Å². The third-order valence-corrected chi connectivity index (χ3v) is 12.7. The van der Waals surface area contributed by atoms with E-state index in [4.69, 9.17) is 14.4 Å². The highest BCUT2D eigenvalue weighted by molar-refractivity contribution is 7.25. The Bertz CT molecular complexity index is 3760. The monoisotopic (exact) mass is 717 g/mol. The number of hydrogen-bond donors (Lipinski definition) is 0. The molecule has 4 nitrogen and oxygen atoms in total. The molecule has 13 aromatic rings. The summed E-state index contributed by atoms with van der Waals surface area (Å²) < 4.78 is 11.4. The van der Waals surface area contributed by atoms with Crippen molar-refractivity contribution < 1.29 is 4.42 Å². The highest BCUT2D eigenvalue weighted by Gasteiger charge is 2.24. The zero-order valence-electron chi connectivity index (χ0n) is 29.2. The van der Waals surface area contributed by atoms with Crippen molar-refractivity contribution >= 4 is 118 Å². The summed E-state index contributed by atoms with van der Waals surface area (Å²) in [7, 11) is 0. The molecule has 0 aliphatic carbocycles. The molecule has 0 unspecified atom stereocenters. The lowest BCUT2D eigenvalue weighted by molar-refractivity contribution is 0.651. The third-order valence-electron chi connectivity index (χ3n) is 11.6. The van der Waals surface area contributed by atoms with Crippen LogP contribution in [0.25, 0.3) is 124 Å². The molecule has 0 fully saturated rings. The molecule has 0 spiro atoms. The first-order valence-corrected chi connectivity index (χ1v) is 19.4. The van der Waals surface area contributed by atoms with Crippen molar-refractivity contribution in [2.24, 2.45) is 0 Å². The van der Waals surface area contributed by atoms with Gasteiger partial charge in [0.25, 0.3) is 0 Å². The summed E-state index contributed by atoms with van der Waals surface area (Å²) in [6.07, 6.45) is 0. The molecular weight excluding hydrogens is 691 g/mol. The SMILES string of the molecule is c1ccc2cc3c(cc2c1)c1c2c4ccccc4c4ccccc4c2ccc1n3-c1nc(-c2ccc3c(c2)sc2ccccc23)c2c(n1)oc1ccccc12. The van der Waals surface area contributed by atoms with Crippen LogP contribution in [0.3, 0.4) is 0 Å². The fourth-order valence-electron chi connectivity index (χ4n) is 9.20. The Kier molecular flexibility index (Phi) is 5.74. The smallest absolute Gasteiger partial charge is 0.238 e. The largest absolute Gasteiger partial charge is 0.437 e. The number of para-hydroxylation sites is 1. The fraction of sp³-hybridized carbons (Fsp3) is 0. The summed E-state index contributed by atoms with van der Waals surface area (Å²) in [6.45, 7) is 0. The van der Waals surface area contributed by atoms with Crippen LogP contribution in [-0.4, -0.2) is 14.5 Å². The van der Waals surface area contributed by atoms with Crippen LogP contribution in [0.5, 0.6) is 0 Å². The number of thiophene rings is 1. The maximum Gasteiger partial charge on any atom is 0.238 e. The van der Waals surface area contributed by atoms with E-state index in [0.717, 1.165) is 38.6 Å². The Morgan fingerprint density at radius 3 is 1.85 bits per heavy atom. The maximum atomic E-state index is 6.60. The molecule has 5 heteroatoms. The van der Waals surface area contributed by atoms with Crippen molar-refractivity contribution in [3.8, 4) is 17.2 Å². The van der Waals surface area contributed by atoms with Crippen LogP contribution >= 0.6 is 11.3 Å². The Morgan fingerprint density at radius 1 is 0.418 bits per heavy atom. The number of fused-ring (bicyclic) bond motifs is 17. The number of hydrogen-bond acceptors (Lipinski definition) is 4. The summed E-state index contributed by atoms with van der Waals surface area (Å²) in [5.41, 5.74) is 5.38. The van der Waals surface area contributed by atoms with Crippen LogP contribution in [0.2, 0.25) is 0 Å². The van der Waals surface area contributed by atoms with Crippen molar-refractivity contribution in [3.05, 3.63) is 164 Å². The average molecular weight is 718 g/mol. The van der Waals surface area contributed by atoms with Gasteiger partial charge in [0.05, 0.1) is 22.1 Å². The van der Waals surface area contributed by atoms with Crippen molar-refractivity contribution in [3.63, 3.8) is 0 Å². The summed E-state index contributed by atoms with van der Waals surface area (Å²) in [5, 5.41) is 16.7. The zero-order valence-corrected chi connectivity index (χ0v) is 30.1. The fourth-order valence-corrected chi connectivity index (χ4v) is 10.3. The predicted octanol–water partition coefficient (Wildman–Crippen LogP) is 14.1. The highest BCUT2D eigenvalue weighted by Crippen LogP contribution is 2.45. The van der Waals surface area contributed by atoms with Gasteiger partial charge in [-0.15, -0.1) is 11.3 Å². The summed E-state index contributed by atoms with van der Waals surface area (Å²) in [5.74, 6) is 0.581. The number of furan rings is 1. The lowest BCUT2D eigenvalue weighted by atomic mass is 9.91. The lowest BCUT2D eigenvalue weighted by Gasteiger charge is -2.12. The van der Waals surface area contributed by atoms with Gasteiger partial charge in [-0.1, -0.05) is 127 Å². The molecule has 9 aromatic carbocycles. The standard InChI is InChI=1S/C50H27N3OS/c1-2-12-29-26-41-39(25-28(29)11-1)46-40(24-23-37-33-15-4-3-13-31(33)32-14-5-6-17-36(32)45(37)46)53(41)50-51-48(47-38-18-7-9-19-42(38)54-49(47)52-50)30-21-22-35-34-16-8-10-20-43(34)55-44(35)27-30/h1-27H. The molecular formula is C50H27N3OS. The second-order valence-corrected chi connectivity index (χ2v) is 15.6. The second kappa shape index (κ2) is 10.8. The predicted molar refractivity (Wildman–Crippen MR) is 232 cm³/mol. The first-order valence-electron chi connectivity index (χ1n) is 18.6. The Labute approximate surface area is 317 Å². The minimum absolute atomic E-state index is 0.575. The summed E-state index contributed by atoms with van der Waals surface area (Å²) in [6, 6.07) is 59.0. The zero-order chi connectivity index (χ0) is 35.8. The van der Waals surface area contributed by atoms with Gasteiger partial charge in [-0.25, -0.2) is 4.98 Å². The molecule has 4 aromatic heterocycles. The molecule has 0 N–H and O–H groups in total. The van der Waals surface area contributed by atoms with E-state index >= 15 is 0 Å². The maximum absolute atomic E-state index is 6.60. The lowest BCUT2D eigenvalue weighted by Crippen LogP contribution is -2.03. The van der Waals surface area contributed by atoms with Gasteiger partial charge >= 0.3 is 0 Å². The van der Waals surface area contributed by atoms with E-state index in [2.05, 4.69) is 156 Å². The van der Waals surface area contributed by atoms with Gasteiger partial charge < -0.3 is 4.42 Å². The Morgan fingerprint density at radius 2 is 1.04 bits per heavy atom. The third kappa shape index (κ3) is 4.00. The van der Waals surface area contributed by atoms with Crippen LogP contribution in [0.15, 0.2) is 168 Å². The molecule has 0 radical (unpaired) electrons. The van der Waals surface area contributed by atoms with Crippen molar-refractivity contribution in [1.29, 1.82) is 0 Å². The number of aromatic nitrogens is 3. The van der Waals surface area contributed by atoms with E-state index in [9.17, 15) is 0 Å². The molecule has 0 atom stereocenters. The number of benzene rings is 9. The van der Waals surface area contributed by atoms with Gasteiger partial charge in [0.2, 0.25) is 11.7 Å². The average Bonchev–Trinajstić information content (AvgIpc) is 3.91. The second-order valence-electron chi connectivity index (χ2n) is 14.5. The minimum atomic E-state index is 0.575. The van der Waals surface area contributed by atoms with Gasteiger partial charge in [0.15, 0.2) is 0 Å². The Hall–Kier alpha value is -7.08. The first-order chi connectivity index (χ1) is 27.3. The molecule has 55 heavy (non-hydrogen) atoms. The van der Waals surface area contributed by atoms with Gasteiger partial charge in [-0.2, -0.15) is 4.98 Å². The molecule has 13 rings (SSSR count). The van der Waals surface area contributed by atoms with Crippen molar-refractivity contribution in [1.82, 2.24) is 14.5 Å². The highest BCUT2D eigenvalue weighted by atomic mass is 32.1. The molecule has 254 valence electrons. The molecule has 0 bridgehead atoms. The van der Waals surface area contributed by atoms with E-state index in [1.165, 1.54) is 74.0 Å². The summed E-state index contributed by atoms with van der Waals surface area (Å²) >= 11 is 1.82. The van der Waals surface area contributed by atoms with Gasteiger partial charge in [0.1, 0.15) is 5.58 Å². The van der Waals surface area contributed by atoms with Crippen molar-refractivity contribution in [2.75, 3.05) is 0 Å². The normalized spacial score (nSPS) is 12.4. The van der Waals surface area contributed by atoms with Gasteiger partial charge in [-0.3, -0.25) is 4.57 Å². The van der Waals surface area contributed by atoms with Crippen LogP contribution < -0.4 is 0 Å². The Balaban J connectivity index is 1.20. The molecule has 4 heterocycles. The quantitative estimate of drug-likeness (QED) is 0.167. The number of rotatable bonds is 2. The van der Waals surface area contributed by atoms with Gasteiger partial charge in [0, 0.05) is 47.3 Å². The first kappa shape index (κ1) is 29.4. The van der Waals surface area contributed by atoms with Crippen LogP contribution in [-0.2, 0) is 0 Å². The van der Waals surface area contributed by atoms with Gasteiger partial charge in [-0.05, 0) is 74.1 Å². The molecule has 0 saturated heterocycles. The molecule has 0 aliphatic heterocycles. The molecule has 0 aliphatic rings. The molecule has 0 saturated carbocycles. The van der Waals surface area contributed by atoms with E-state index < -0.39 is 0 Å². The minimum Gasteiger partial charge on any atom is -0.437 e. The van der Waals surface area contributed by atoms with Crippen LogP contribution in [0.1, 0.15) is 0 Å². The van der Waals surface area contributed by atoms with E-state index in [-0.39, 0.29) is 0 Å². The van der Waals surface area contributed by atoms with Crippen molar-refractivity contribution in [2.45, 2.75) is 0 Å². The van der Waals surface area contributed by atoms with E-state index in [1.807, 2.05) is 23.5 Å². The molecule has 0 amide bonds. The topological polar surface area (TPSA) is 43.9 Å². The van der Waals surface area contributed by atoms with E-state index in [1.54, 1.807) is 0 Å². The number of nitrogens with zero attached hydrogens (tertiary/aromatic N) is 3. The van der Waals surface area contributed by atoms with E-state index in [0.29, 0.717) is 11.7 Å². The van der Waals surface area contributed by atoms with Crippen LogP contribution in [0.4, 0.5) is 0 Å². The summed E-state index contributed by atoms with van der Waals surface area (Å²) in [4.78, 5) is 10.9.